The normalized spacial score (nSPS) is 22.0. The zero-order valence-electron chi connectivity index (χ0n) is 12.6. The fourth-order valence-electron chi connectivity index (χ4n) is 2.39. The first kappa shape index (κ1) is 16.9. The van der Waals surface area contributed by atoms with Gasteiger partial charge in [0, 0.05) is 16.6 Å². The van der Waals surface area contributed by atoms with Crippen molar-refractivity contribution in [3.8, 4) is 5.75 Å². The van der Waals surface area contributed by atoms with E-state index in [9.17, 15) is 0 Å². The summed E-state index contributed by atoms with van der Waals surface area (Å²) in [5.74, 6) is 1.36. The molecule has 2 atom stereocenters. The summed E-state index contributed by atoms with van der Waals surface area (Å²) in [6.07, 6.45) is 2.55. The fraction of sp³-hybridized carbons (Fsp3) is 0.625. The van der Waals surface area contributed by atoms with Crippen LogP contribution in [0.4, 0.5) is 0 Å². The number of ether oxygens (including phenoxy) is 2. The predicted octanol–water partition coefficient (Wildman–Crippen LogP) is 4.17. The van der Waals surface area contributed by atoms with E-state index in [2.05, 4.69) is 19.2 Å². The lowest BCUT2D eigenvalue weighted by atomic mass is 10.2. The molecule has 1 aromatic carbocycles. The molecule has 1 aliphatic rings. The topological polar surface area (TPSA) is 30.5 Å². The van der Waals surface area contributed by atoms with E-state index < -0.39 is 0 Å². The first-order valence-electron chi connectivity index (χ1n) is 7.48. The number of hydrogen-bond acceptors (Lipinski definition) is 3. The van der Waals surface area contributed by atoms with Gasteiger partial charge >= 0.3 is 0 Å². The van der Waals surface area contributed by atoms with E-state index in [1.54, 1.807) is 18.2 Å². The Morgan fingerprint density at radius 1 is 1.19 bits per heavy atom. The number of rotatable bonds is 7. The highest BCUT2D eigenvalue weighted by molar-refractivity contribution is 6.34. The average Bonchev–Trinajstić information content (AvgIpc) is 2.83. The monoisotopic (exact) mass is 331 g/mol. The molecule has 0 amide bonds. The number of halogens is 2. The second kappa shape index (κ2) is 8.23. The second-order valence-electron chi connectivity index (χ2n) is 5.93. The molecule has 118 valence electrons. The van der Waals surface area contributed by atoms with Crippen LogP contribution in [0.5, 0.6) is 5.75 Å². The quantitative estimate of drug-likeness (QED) is 0.813. The Balaban J connectivity index is 1.70. The molecule has 1 fully saturated rings. The highest BCUT2D eigenvalue weighted by Crippen LogP contribution is 2.26. The average molecular weight is 332 g/mol. The summed E-state index contributed by atoms with van der Waals surface area (Å²) in [6.45, 7) is 6.89. The van der Waals surface area contributed by atoms with Gasteiger partial charge in [-0.3, -0.25) is 0 Å². The highest BCUT2D eigenvalue weighted by Gasteiger charge is 2.25. The van der Waals surface area contributed by atoms with Crippen LogP contribution in [0, 0.1) is 5.92 Å². The molecular weight excluding hydrogens is 309 g/mol. The van der Waals surface area contributed by atoms with Crippen molar-refractivity contribution in [3.63, 3.8) is 0 Å². The molecule has 1 aliphatic heterocycles. The highest BCUT2D eigenvalue weighted by atomic mass is 35.5. The van der Waals surface area contributed by atoms with E-state index in [1.807, 2.05) is 0 Å². The van der Waals surface area contributed by atoms with Crippen LogP contribution in [0.25, 0.3) is 0 Å². The van der Waals surface area contributed by atoms with Gasteiger partial charge in [0.25, 0.3) is 0 Å². The van der Waals surface area contributed by atoms with Crippen LogP contribution in [0.2, 0.25) is 10.0 Å². The van der Waals surface area contributed by atoms with Gasteiger partial charge in [0.15, 0.2) is 0 Å². The molecule has 0 spiro atoms. The van der Waals surface area contributed by atoms with E-state index in [0.717, 1.165) is 25.9 Å². The van der Waals surface area contributed by atoms with Crippen LogP contribution in [-0.4, -0.2) is 31.9 Å². The maximum absolute atomic E-state index is 5.97. The molecule has 0 aliphatic carbocycles. The summed E-state index contributed by atoms with van der Waals surface area (Å²) in [7, 11) is 0. The number of hydrogen-bond donors (Lipinski definition) is 1. The van der Waals surface area contributed by atoms with Crippen molar-refractivity contribution in [2.75, 3.05) is 19.7 Å². The smallest absolute Gasteiger partial charge is 0.122 e. The van der Waals surface area contributed by atoms with Gasteiger partial charge in [-0.2, -0.15) is 0 Å². The lowest BCUT2D eigenvalue weighted by Gasteiger charge is -2.16. The third-order valence-corrected chi connectivity index (χ3v) is 3.83. The summed E-state index contributed by atoms with van der Waals surface area (Å²) < 4.78 is 11.7. The Morgan fingerprint density at radius 3 is 2.52 bits per heavy atom. The lowest BCUT2D eigenvalue weighted by molar-refractivity contribution is 0.0184. The van der Waals surface area contributed by atoms with Gasteiger partial charge in [0.1, 0.15) is 12.4 Å². The second-order valence-corrected chi connectivity index (χ2v) is 6.80. The van der Waals surface area contributed by atoms with Crippen molar-refractivity contribution in [3.05, 3.63) is 28.2 Å². The molecule has 1 saturated heterocycles. The van der Waals surface area contributed by atoms with Crippen LogP contribution in [0.3, 0.4) is 0 Å². The molecule has 0 bridgehead atoms. The van der Waals surface area contributed by atoms with Gasteiger partial charge in [-0.1, -0.05) is 37.0 Å². The van der Waals surface area contributed by atoms with E-state index in [1.165, 1.54) is 0 Å². The Labute approximate surface area is 136 Å². The molecule has 0 aromatic heterocycles. The number of benzene rings is 1. The van der Waals surface area contributed by atoms with Crippen molar-refractivity contribution in [2.45, 2.75) is 38.9 Å². The Hall–Kier alpha value is -0.480. The van der Waals surface area contributed by atoms with Crippen LogP contribution in [-0.2, 0) is 4.74 Å². The molecule has 1 aromatic rings. The Morgan fingerprint density at radius 2 is 1.86 bits per heavy atom. The van der Waals surface area contributed by atoms with Crippen molar-refractivity contribution >= 4 is 23.2 Å². The van der Waals surface area contributed by atoms with Gasteiger partial charge in [0.2, 0.25) is 0 Å². The van der Waals surface area contributed by atoms with Crippen LogP contribution >= 0.6 is 23.2 Å². The van der Waals surface area contributed by atoms with Crippen LogP contribution < -0.4 is 10.1 Å². The Bertz CT molecular complexity index is 434. The van der Waals surface area contributed by atoms with Crippen LogP contribution in [0.1, 0.15) is 26.7 Å². The molecule has 1 N–H and O–H groups in total. The van der Waals surface area contributed by atoms with Crippen LogP contribution in [0.15, 0.2) is 18.2 Å². The zero-order chi connectivity index (χ0) is 15.2. The zero-order valence-corrected chi connectivity index (χ0v) is 14.1. The Kier molecular flexibility index (Phi) is 6.62. The fourth-order valence-corrected chi connectivity index (χ4v) is 2.89. The van der Waals surface area contributed by atoms with Crippen molar-refractivity contribution < 1.29 is 9.47 Å². The molecule has 3 nitrogen and oxygen atoms in total. The van der Waals surface area contributed by atoms with Gasteiger partial charge in [0.05, 0.1) is 12.2 Å². The molecule has 0 radical (unpaired) electrons. The molecular formula is C16H23Cl2NO2. The van der Waals surface area contributed by atoms with E-state index >= 15 is 0 Å². The van der Waals surface area contributed by atoms with E-state index in [4.69, 9.17) is 32.7 Å². The first-order chi connectivity index (χ1) is 10.0. The summed E-state index contributed by atoms with van der Waals surface area (Å²) in [6, 6.07) is 5.23. The number of nitrogens with one attached hydrogen (secondary N) is 1. The SMILES string of the molecule is CC(C)CNCC1CCC(COc2cc(Cl)cc(Cl)c2)O1. The minimum Gasteiger partial charge on any atom is -0.491 e. The maximum atomic E-state index is 5.97. The largest absolute Gasteiger partial charge is 0.491 e. The first-order valence-corrected chi connectivity index (χ1v) is 8.23. The summed E-state index contributed by atoms with van der Waals surface area (Å²) in [5, 5.41) is 4.60. The minimum atomic E-state index is 0.147. The molecule has 5 heteroatoms. The van der Waals surface area contributed by atoms with Gasteiger partial charge < -0.3 is 14.8 Å². The summed E-state index contributed by atoms with van der Waals surface area (Å²) in [5.41, 5.74) is 0. The molecule has 21 heavy (non-hydrogen) atoms. The van der Waals surface area contributed by atoms with Gasteiger partial charge in [-0.25, -0.2) is 0 Å². The minimum absolute atomic E-state index is 0.147. The third kappa shape index (κ3) is 6.03. The summed E-state index contributed by atoms with van der Waals surface area (Å²) >= 11 is 11.9. The molecule has 1 heterocycles. The van der Waals surface area contributed by atoms with Crippen molar-refractivity contribution in [1.29, 1.82) is 0 Å². The predicted molar refractivity (Wildman–Crippen MR) is 87.6 cm³/mol. The maximum Gasteiger partial charge on any atom is 0.122 e. The van der Waals surface area contributed by atoms with E-state index in [0.29, 0.717) is 34.4 Å². The lowest BCUT2D eigenvalue weighted by Crippen LogP contribution is -2.30. The summed E-state index contributed by atoms with van der Waals surface area (Å²) in [4.78, 5) is 0. The van der Waals surface area contributed by atoms with Gasteiger partial charge in [-0.15, -0.1) is 0 Å². The third-order valence-electron chi connectivity index (χ3n) is 3.39. The molecule has 0 saturated carbocycles. The molecule has 2 rings (SSSR count). The van der Waals surface area contributed by atoms with Crippen molar-refractivity contribution in [1.82, 2.24) is 5.32 Å². The molecule has 2 unspecified atom stereocenters. The van der Waals surface area contributed by atoms with E-state index in [-0.39, 0.29) is 6.10 Å². The van der Waals surface area contributed by atoms with Gasteiger partial charge in [-0.05, 0) is 43.5 Å². The van der Waals surface area contributed by atoms with Crippen molar-refractivity contribution in [2.24, 2.45) is 5.92 Å². The standard InChI is InChI=1S/C16H23Cl2NO2/c1-11(2)8-19-9-14-3-4-15(21-14)10-20-16-6-12(17)5-13(18)7-16/h5-7,11,14-15,19H,3-4,8-10H2,1-2H3.